The highest BCUT2D eigenvalue weighted by molar-refractivity contribution is 8.16. The van der Waals surface area contributed by atoms with Gasteiger partial charge in [0.2, 0.25) is 0 Å². The van der Waals surface area contributed by atoms with Crippen molar-refractivity contribution in [2.45, 2.75) is 17.7 Å². The van der Waals surface area contributed by atoms with Gasteiger partial charge in [0.05, 0.1) is 30.9 Å². The molecule has 2 aromatic rings. The van der Waals surface area contributed by atoms with Crippen LogP contribution in [-0.2, 0) is 21.1 Å². The predicted molar refractivity (Wildman–Crippen MR) is 134 cm³/mol. The summed E-state index contributed by atoms with van der Waals surface area (Å²) in [5.74, 6) is 0.292. The lowest BCUT2D eigenvalue weighted by Crippen LogP contribution is -2.37. The van der Waals surface area contributed by atoms with Crippen LogP contribution >= 0.6 is 11.8 Å². The number of carbonyl (C=O) groups is 1. The lowest BCUT2D eigenvalue weighted by Gasteiger charge is -2.24. The number of carbonyl (C=O) groups excluding carboxylic acids is 1. The van der Waals surface area contributed by atoms with Crippen molar-refractivity contribution in [2.75, 3.05) is 30.1 Å². The van der Waals surface area contributed by atoms with Crippen LogP contribution < -0.4 is 15.0 Å². The normalized spacial score (nSPS) is 22.3. The molecule has 4 rings (SSSR count). The van der Waals surface area contributed by atoms with Crippen molar-refractivity contribution in [3.05, 3.63) is 71.9 Å². The van der Waals surface area contributed by atoms with E-state index in [1.807, 2.05) is 53.4 Å². The lowest BCUT2D eigenvalue weighted by atomic mass is 10.1. The second kappa shape index (κ2) is 10.3. The number of nitrogens with zero attached hydrogens (tertiary/aromatic N) is 3. The summed E-state index contributed by atoms with van der Waals surface area (Å²) in [5.41, 5.74) is 1.75. The summed E-state index contributed by atoms with van der Waals surface area (Å²) < 4.78 is 29.7. The average Bonchev–Trinajstić information content (AvgIpc) is 3.31. The highest BCUT2D eigenvalue weighted by Crippen LogP contribution is 2.41. The minimum Gasteiger partial charge on any atom is -0.497 e. The van der Waals surface area contributed by atoms with E-state index in [1.165, 1.54) is 18.0 Å². The number of aliphatic imine (C=N–C) groups is 1. The van der Waals surface area contributed by atoms with E-state index in [2.05, 4.69) is 10.3 Å². The number of benzene rings is 2. The van der Waals surface area contributed by atoms with Crippen molar-refractivity contribution in [2.24, 2.45) is 4.99 Å². The van der Waals surface area contributed by atoms with Crippen molar-refractivity contribution >= 4 is 38.4 Å². The van der Waals surface area contributed by atoms with E-state index in [9.17, 15) is 18.5 Å². The van der Waals surface area contributed by atoms with Gasteiger partial charge in [0.25, 0.3) is 5.91 Å². The molecule has 2 aliphatic rings. The molecule has 10 heteroatoms. The molecule has 1 N–H and O–H groups in total. The molecule has 0 radical (unpaired) electrons. The van der Waals surface area contributed by atoms with Crippen molar-refractivity contribution in [3.63, 3.8) is 0 Å². The number of anilines is 1. The molecule has 176 valence electrons. The van der Waals surface area contributed by atoms with Crippen molar-refractivity contribution < 1.29 is 17.9 Å². The lowest BCUT2D eigenvalue weighted by molar-refractivity contribution is -0.117. The van der Waals surface area contributed by atoms with E-state index >= 15 is 0 Å². The van der Waals surface area contributed by atoms with Gasteiger partial charge in [-0.25, -0.2) is 13.4 Å². The molecular formula is C24H24N4O4S2. The molecule has 2 saturated heterocycles. The zero-order valence-electron chi connectivity index (χ0n) is 18.5. The monoisotopic (exact) mass is 496 g/mol. The summed E-state index contributed by atoms with van der Waals surface area (Å²) in [4.78, 5) is 18.8. The number of hydrogen-bond acceptors (Lipinski definition) is 7. The Labute approximate surface area is 203 Å². The highest BCUT2D eigenvalue weighted by atomic mass is 32.2. The van der Waals surface area contributed by atoms with Crippen LogP contribution in [0, 0.1) is 11.3 Å². The third kappa shape index (κ3) is 5.43. The second-order valence-corrected chi connectivity index (χ2v) is 11.3. The molecule has 2 heterocycles. The van der Waals surface area contributed by atoms with Crippen LogP contribution in [0.5, 0.6) is 5.75 Å². The number of hydrogen-bond donors (Lipinski definition) is 1. The second-order valence-electron chi connectivity index (χ2n) is 7.93. The van der Waals surface area contributed by atoms with Gasteiger partial charge in [-0.1, -0.05) is 42.1 Å². The van der Waals surface area contributed by atoms with Gasteiger partial charge in [0.15, 0.2) is 15.0 Å². The molecule has 2 atom stereocenters. The molecule has 2 fully saturated rings. The molecule has 8 nitrogen and oxygen atoms in total. The Balaban J connectivity index is 1.52. The largest absolute Gasteiger partial charge is 0.497 e. The zero-order valence-corrected chi connectivity index (χ0v) is 20.2. The maximum atomic E-state index is 12.5. The van der Waals surface area contributed by atoms with Crippen LogP contribution in [0.15, 0.2) is 71.4 Å². The summed E-state index contributed by atoms with van der Waals surface area (Å²) in [5, 5.41) is 12.6. The highest BCUT2D eigenvalue weighted by Gasteiger charge is 2.49. The minimum absolute atomic E-state index is 0.0323. The van der Waals surface area contributed by atoms with Gasteiger partial charge >= 0.3 is 0 Å². The minimum atomic E-state index is -3.14. The standard InChI is InChI=1S/C24H24N4O4S2/c1-32-20-9-7-19(8-10-20)28-21-15-34(30,31)16-22(21)33-24(28)27-14-18(13-25)23(29)26-12-11-17-5-3-2-4-6-17/h2-10,14,21-22H,11-12,15-16H2,1H3,(H,26,29)/b18-14+,27-24?. The fourth-order valence-electron chi connectivity index (χ4n) is 3.94. The van der Waals surface area contributed by atoms with Crippen LogP contribution in [0.2, 0.25) is 0 Å². The van der Waals surface area contributed by atoms with Crippen molar-refractivity contribution in [1.29, 1.82) is 5.26 Å². The molecule has 2 unspecified atom stereocenters. The molecule has 2 aromatic carbocycles. The molecule has 0 saturated carbocycles. The summed E-state index contributed by atoms with van der Waals surface area (Å²) in [6.45, 7) is 0.396. The molecule has 2 aliphatic heterocycles. The van der Waals surface area contributed by atoms with E-state index in [4.69, 9.17) is 4.74 Å². The number of sulfone groups is 1. The predicted octanol–water partition coefficient (Wildman–Crippen LogP) is 2.54. The fourth-order valence-corrected chi connectivity index (χ4v) is 7.83. The van der Waals surface area contributed by atoms with E-state index in [-0.39, 0.29) is 28.4 Å². The number of thioether (sulfide) groups is 1. The Kier molecular flexibility index (Phi) is 7.24. The summed E-state index contributed by atoms with van der Waals surface area (Å²) in [6, 6.07) is 18.7. The third-order valence-electron chi connectivity index (χ3n) is 5.63. The van der Waals surface area contributed by atoms with E-state index < -0.39 is 15.7 Å². The Morgan fingerprint density at radius 3 is 2.65 bits per heavy atom. The van der Waals surface area contributed by atoms with Gasteiger partial charge < -0.3 is 15.0 Å². The van der Waals surface area contributed by atoms with Gasteiger partial charge in [-0.3, -0.25) is 4.79 Å². The SMILES string of the molecule is COc1ccc(N2C(=N/C=C(\C#N)C(=O)NCCc3ccccc3)SC3CS(=O)(=O)CC32)cc1. The van der Waals surface area contributed by atoms with Gasteiger partial charge in [0, 0.05) is 17.5 Å². The van der Waals surface area contributed by atoms with Crippen LogP contribution in [-0.4, -0.2) is 55.9 Å². The third-order valence-corrected chi connectivity index (χ3v) is 8.85. The van der Waals surface area contributed by atoms with Gasteiger partial charge in [0.1, 0.15) is 17.4 Å². The number of rotatable bonds is 7. The molecule has 34 heavy (non-hydrogen) atoms. The van der Waals surface area contributed by atoms with E-state index in [1.54, 1.807) is 19.2 Å². The molecule has 0 aliphatic carbocycles. The number of amidine groups is 1. The first kappa shape index (κ1) is 23.9. The number of nitriles is 1. The Morgan fingerprint density at radius 2 is 1.97 bits per heavy atom. The van der Waals surface area contributed by atoms with E-state index in [0.29, 0.717) is 23.9 Å². The summed E-state index contributed by atoms with van der Waals surface area (Å²) in [7, 11) is -1.56. The van der Waals surface area contributed by atoms with Crippen LogP contribution in [0.1, 0.15) is 5.56 Å². The first-order valence-electron chi connectivity index (χ1n) is 10.7. The number of fused-ring (bicyclic) bond motifs is 1. The fraction of sp³-hybridized carbons (Fsp3) is 0.292. The van der Waals surface area contributed by atoms with Gasteiger partial charge in [-0.2, -0.15) is 5.26 Å². The Morgan fingerprint density at radius 1 is 1.24 bits per heavy atom. The maximum absolute atomic E-state index is 12.5. The maximum Gasteiger partial charge on any atom is 0.263 e. The first-order chi connectivity index (χ1) is 16.4. The van der Waals surface area contributed by atoms with E-state index in [0.717, 1.165) is 11.3 Å². The van der Waals surface area contributed by atoms with Crippen LogP contribution in [0.25, 0.3) is 0 Å². The molecule has 0 spiro atoms. The van der Waals surface area contributed by atoms with Gasteiger partial charge in [-0.05, 0) is 36.2 Å². The quantitative estimate of drug-likeness (QED) is 0.463. The number of ether oxygens (including phenoxy) is 1. The van der Waals surface area contributed by atoms with Gasteiger partial charge in [-0.15, -0.1) is 0 Å². The number of nitrogens with one attached hydrogen (secondary N) is 1. The topological polar surface area (TPSA) is 112 Å². The number of amides is 1. The molecule has 0 aromatic heterocycles. The Hall–Kier alpha value is -3.29. The first-order valence-corrected chi connectivity index (χ1v) is 13.4. The van der Waals surface area contributed by atoms with Crippen LogP contribution in [0.4, 0.5) is 5.69 Å². The Bertz CT molecular complexity index is 1250. The zero-order chi connectivity index (χ0) is 24.1. The molecule has 0 bridgehead atoms. The van der Waals surface area contributed by atoms with Crippen molar-refractivity contribution in [3.8, 4) is 11.8 Å². The molecule has 1 amide bonds. The average molecular weight is 497 g/mol. The smallest absolute Gasteiger partial charge is 0.263 e. The van der Waals surface area contributed by atoms with Crippen molar-refractivity contribution in [1.82, 2.24) is 5.32 Å². The summed E-state index contributed by atoms with van der Waals surface area (Å²) in [6.07, 6.45) is 1.91. The van der Waals surface area contributed by atoms with Crippen LogP contribution in [0.3, 0.4) is 0 Å². The summed E-state index contributed by atoms with van der Waals surface area (Å²) >= 11 is 1.36. The number of methoxy groups -OCH3 is 1. The molecular weight excluding hydrogens is 472 g/mol.